The zero-order chi connectivity index (χ0) is 14.5. The highest BCUT2D eigenvalue weighted by Crippen LogP contribution is 2.34. The molecule has 1 aliphatic rings. The number of nitro groups is 1. The van der Waals surface area contributed by atoms with Gasteiger partial charge in [-0.15, -0.1) is 0 Å². The van der Waals surface area contributed by atoms with E-state index in [-0.39, 0.29) is 18.2 Å². The smallest absolute Gasteiger partial charge is 0.325 e. The predicted molar refractivity (Wildman–Crippen MR) is 72.1 cm³/mol. The SMILES string of the molecule is CCOC(=O)CN1CCCOc2ccc([N+](=O)[O-])cc21. The van der Waals surface area contributed by atoms with Crippen molar-refractivity contribution in [2.75, 3.05) is 31.2 Å². The van der Waals surface area contributed by atoms with E-state index < -0.39 is 4.92 Å². The van der Waals surface area contributed by atoms with Crippen LogP contribution >= 0.6 is 0 Å². The van der Waals surface area contributed by atoms with Crippen molar-refractivity contribution in [3.63, 3.8) is 0 Å². The number of rotatable bonds is 4. The van der Waals surface area contributed by atoms with Gasteiger partial charge in [-0.25, -0.2) is 0 Å². The number of non-ortho nitro benzene ring substituents is 1. The summed E-state index contributed by atoms with van der Waals surface area (Å²) in [5, 5.41) is 10.9. The molecule has 0 spiro atoms. The largest absolute Gasteiger partial charge is 0.491 e. The van der Waals surface area contributed by atoms with E-state index in [4.69, 9.17) is 9.47 Å². The number of ether oxygens (including phenoxy) is 2. The molecule has 0 fully saturated rings. The molecule has 108 valence electrons. The molecule has 0 atom stereocenters. The van der Waals surface area contributed by atoms with Gasteiger partial charge in [0.15, 0.2) is 0 Å². The number of benzene rings is 1. The van der Waals surface area contributed by atoms with Crippen LogP contribution in [0.3, 0.4) is 0 Å². The molecule has 1 aliphatic heterocycles. The number of esters is 1. The highest BCUT2D eigenvalue weighted by Gasteiger charge is 2.22. The molecule has 1 aromatic carbocycles. The first-order valence-corrected chi connectivity index (χ1v) is 6.43. The van der Waals surface area contributed by atoms with Crippen molar-refractivity contribution in [1.29, 1.82) is 0 Å². The van der Waals surface area contributed by atoms with Crippen molar-refractivity contribution >= 4 is 17.3 Å². The Morgan fingerprint density at radius 1 is 1.55 bits per heavy atom. The molecular formula is C13H16N2O5. The first-order valence-electron chi connectivity index (χ1n) is 6.43. The molecule has 0 saturated heterocycles. The van der Waals surface area contributed by atoms with Gasteiger partial charge in [-0.2, -0.15) is 0 Å². The lowest BCUT2D eigenvalue weighted by atomic mass is 10.2. The Bertz CT molecular complexity index is 517. The lowest BCUT2D eigenvalue weighted by molar-refractivity contribution is -0.384. The predicted octanol–water partition coefficient (Wildman–Crippen LogP) is 1.75. The van der Waals surface area contributed by atoms with Crippen LogP contribution in [0.4, 0.5) is 11.4 Å². The zero-order valence-corrected chi connectivity index (χ0v) is 11.2. The first kappa shape index (κ1) is 14.1. The number of carbonyl (C=O) groups excluding carboxylic acids is 1. The van der Waals surface area contributed by atoms with Crippen LogP contribution in [0.15, 0.2) is 18.2 Å². The number of hydrogen-bond acceptors (Lipinski definition) is 6. The summed E-state index contributed by atoms with van der Waals surface area (Å²) in [6, 6.07) is 4.39. The summed E-state index contributed by atoms with van der Waals surface area (Å²) in [7, 11) is 0. The highest BCUT2D eigenvalue weighted by molar-refractivity contribution is 5.77. The third kappa shape index (κ3) is 3.17. The van der Waals surface area contributed by atoms with Gasteiger partial charge in [-0.1, -0.05) is 0 Å². The number of fused-ring (bicyclic) bond motifs is 1. The average Bonchev–Trinajstić information content (AvgIpc) is 2.61. The molecule has 0 bridgehead atoms. The Morgan fingerprint density at radius 2 is 2.35 bits per heavy atom. The van der Waals surface area contributed by atoms with Gasteiger partial charge in [-0.3, -0.25) is 14.9 Å². The molecule has 7 heteroatoms. The van der Waals surface area contributed by atoms with Gasteiger partial charge in [-0.05, 0) is 19.4 Å². The minimum Gasteiger partial charge on any atom is -0.491 e. The molecule has 0 aliphatic carbocycles. The fraction of sp³-hybridized carbons (Fsp3) is 0.462. The van der Waals surface area contributed by atoms with Crippen LogP contribution in [0.25, 0.3) is 0 Å². The Balaban J connectivity index is 2.28. The molecule has 2 rings (SSSR count). The van der Waals surface area contributed by atoms with Crippen LogP contribution in [0.5, 0.6) is 5.75 Å². The standard InChI is InChI=1S/C13H16N2O5/c1-2-19-13(16)9-14-6-3-7-20-12-5-4-10(15(17)18)8-11(12)14/h4-5,8H,2-3,6-7,9H2,1H3. The van der Waals surface area contributed by atoms with E-state index in [0.29, 0.717) is 31.2 Å². The molecule has 0 saturated carbocycles. The van der Waals surface area contributed by atoms with Crippen molar-refractivity contribution in [3.05, 3.63) is 28.3 Å². The number of nitrogens with zero attached hydrogens (tertiary/aromatic N) is 2. The van der Waals surface area contributed by atoms with E-state index in [0.717, 1.165) is 6.42 Å². The molecule has 0 aromatic heterocycles. The van der Waals surface area contributed by atoms with Gasteiger partial charge in [0.25, 0.3) is 5.69 Å². The summed E-state index contributed by atoms with van der Waals surface area (Å²) >= 11 is 0. The van der Waals surface area contributed by atoms with Crippen LogP contribution in [0.2, 0.25) is 0 Å². The molecule has 0 unspecified atom stereocenters. The summed E-state index contributed by atoms with van der Waals surface area (Å²) < 4.78 is 10.5. The molecule has 0 N–H and O–H groups in total. The Hall–Kier alpha value is -2.31. The second-order valence-electron chi connectivity index (χ2n) is 4.34. The maximum absolute atomic E-state index is 11.6. The van der Waals surface area contributed by atoms with Crippen LogP contribution in [-0.4, -0.2) is 37.2 Å². The van der Waals surface area contributed by atoms with Crippen molar-refractivity contribution in [1.82, 2.24) is 0 Å². The van der Waals surface area contributed by atoms with Gasteiger partial charge in [0, 0.05) is 18.7 Å². The van der Waals surface area contributed by atoms with E-state index in [1.807, 2.05) is 0 Å². The maximum atomic E-state index is 11.6. The van der Waals surface area contributed by atoms with Crippen LogP contribution in [0.1, 0.15) is 13.3 Å². The second kappa shape index (κ2) is 6.23. The van der Waals surface area contributed by atoms with Crippen LogP contribution in [-0.2, 0) is 9.53 Å². The molecule has 7 nitrogen and oxygen atoms in total. The van der Waals surface area contributed by atoms with Crippen molar-refractivity contribution in [2.24, 2.45) is 0 Å². The van der Waals surface area contributed by atoms with Crippen molar-refractivity contribution in [3.8, 4) is 5.75 Å². The van der Waals surface area contributed by atoms with E-state index >= 15 is 0 Å². The maximum Gasteiger partial charge on any atom is 0.325 e. The van der Waals surface area contributed by atoms with E-state index in [1.54, 1.807) is 17.9 Å². The molecule has 1 heterocycles. The number of nitro benzene ring substituents is 1. The average molecular weight is 280 g/mol. The minimum absolute atomic E-state index is 0.0249. The molecule has 1 aromatic rings. The van der Waals surface area contributed by atoms with Gasteiger partial charge in [0.05, 0.1) is 23.8 Å². The number of carbonyl (C=O) groups is 1. The van der Waals surface area contributed by atoms with Crippen LogP contribution < -0.4 is 9.64 Å². The molecule has 0 radical (unpaired) electrons. The summed E-state index contributed by atoms with van der Waals surface area (Å²) in [6.45, 7) is 3.22. The first-order chi connectivity index (χ1) is 9.61. The summed E-state index contributed by atoms with van der Waals surface area (Å²) in [6.07, 6.45) is 0.738. The third-order valence-electron chi connectivity index (χ3n) is 2.95. The van der Waals surface area contributed by atoms with Gasteiger partial charge < -0.3 is 14.4 Å². The van der Waals surface area contributed by atoms with E-state index in [2.05, 4.69) is 0 Å². The quantitative estimate of drug-likeness (QED) is 0.474. The third-order valence-corrected chi connectivity index (χ3v) is 2.95. The second-order valence-corrected chi connectivity index (χ2v) is 4.34. The lowest BCUT2D eigenvalue weighted by Crippen LogP contribution is -2.31. The number of hydrogen-bond donors (Lipinski definition) is 0. The molecular weight excluding hydrogens is 264 g/mol. The fourth-order valence-electron chi connectivity index (χ4n) is 2.07. The van der Waals surface area contributed by atoms with E-state index in [1.165, 1.54) is 12.1 Å². The summed E-state index contributed by atoms with van der Waals surface area (Å²) in [4.78, 5) is 23.8. The summed E-state index contributed by atoms with van der Waals surface area (Å²) in [5.41, 5.74) is 0.535. The summed E-state index contributed by atoms with van der Waals surface area (Å²) in [5.74, 6) is 0.198. The molecule has 20 heavy (non-hydrogen) atoms. The Labute approximate surface area is 116 Å². The topological polar surface area (TPSA) is 81.9 Å². The van der Waals surface area contributed by atoms with E-state index in [9.17, 15) is 14.9 Å². The minimum atomic E-state index is -0.465. The van der Waals surface area contributed by atoms with Crippen molar-refractivity contribution < 1.29 is 19.2 Å². The van der Waals surface area contributed by atoms with Crippen molar-refractivity contribution in [2.45, 2.75) is 13.3 Å². The number of anilines is 1. The van der Waals surface area contributed by atoms with Gasteiger partial charge >= 0.3 is 5.97 Å². The fourth-order valence-corrected chi connectivity index (χ4v) is 2.07. The lowest BCUT2D eigenvalue weighted by Gasteiger charge is -2.22. The van der Waals surface area contributed by atoms with Crippen LogP contribution in [0, 0.1) is 10.1 Å². The van der Waals surface area contributed by atoms with Gasteiger partial charge in [0.2, 0.25) is 0 Å². The Kier molecular flexibility index (Phi) is 4.39. The highest BCUT2D eigenvalue weighted by atomic mass is 16.6. The normalized spacial score (nSPS) is 13.9. The zero-order valence-electron chi connectivity index (χ0n) is 11.2. The Morgan fingerprint density at radius 3 is 3.05 bits per heavy atom. The van der Waals surface area contributed by atoms with Gasteiger partial charge in [0.1, 0.15) is 12.3 Å². The molecule has 0 amide bonds. The monoisotopic (exact) mass is 280 g/mol.